The van der Waals surface area contributed by atoms with E-state index in [0.717, 1.165) is 12.8 Å². The van der Waals surface area contributed by atoms with Crippen molar-refractivity contribution in [2.24, 2.45) is 11.0 Å². The molecular weight excluding hydrogens is 252 g/mol. The maximum atomic E-state index is 12.3. The second-order valence-corrected chi connectivity index (χ2v) is 5.20. The number of aliphatic hydroxyl groups is 1. The van der Waals surface area contributed by atoms with Crippen LogP contribution >= 0.6 is 11.6 Å². The molecule has 1 aromatic carbocycles. The van der Waals surface area contributed by atoms with Crippen molar-refractivity contribution in [3.05, 3.63) is 34.9 Å². The molecule has 0 bridgehead atoms. The fraction of sp³-hybridized carbons (Fsp3) is 0.385. The fourth-order valence-electron chi connectivity index (χ4n) is 2.65. The van der Waals surface area contributed by atoms with E-state index < -0.39 is 5.72 Å². The number of fused-ring (bicyclic) bond motifs is 1. The van der Waals surface area contributed by atoms with E-state index in [1.54, 1.807) is 30.5 Å². The van der Waals surface area contributed by atoms with Crippen molar-refractivity contribution >= 4 is 23.7 Å². The van der Waals surface area contributed by atoms with Gasteiger partial charge in [0.15, 0.2) is 5.72 Å². The lowest BCUT2D eigenvalue weighted by Gasteiger charge is -2.30. The molecule has 2 aliphatic rings. The summed E-state index contributed by atoms with van der Waals surface area (Å²) in [4.78, 5) is 12.3. The number of hydrazone groups is 1. The highest BCUT2D eigenvalue weighted by molar-refractivity contribution is 6.30. The van der Waals surface area contributed by atoms with E-state index in [9.17, 15) is 9.90 Å². The number of rotatable bonds is 1. The molecule has 94 valence electrons. The molecule has 18 heavy (non-hydrogen) atoms. The molecule has 2 atom stereocenters. The van der Waals surface area contributed by atoms with E-state index >= 15 is 0 Å². The predicted molar refractivity (Wildman–Crippen MR) is 68.4 cm³/mol. The molecule has 1 N–H and O–H groups in total. The highest BCUT2D eigenvalue weighted by Crippen LogP contribution is 2.41. The lowest BCUT2D eigenvalue weighted by Crippen LogP contribution is -2.47. The van der Waals surface area contributed by atoms with Crippen LogP contribution in [0.1, 0.15) is 29.6 Å². The Morgan fingerprint density at radius 1 is 1.44 bits per heavy atom. The van der Waals surface area contributed by atoms with Gasteiger partial charge in [-0.25, -0.2) is 0 Å². The van der Waals surface area contributed by atoms with Crippen LogP contribution in [0.25, 0.3) is 0 Å². The Kier molecular flexibility index (Phi) is 2.64. The third-order valence-electron chi connectivity index (χ3n) is 3.67. The van der Waals surface area contributed by atoms with Gasteiger partial charge >= 0.3 is 0 Å². The second kappa shape index (κ2) is 4.07. The van der Waals surface area contributed by atoms with Crippen LogP contribution in [0.4, 0.5) is 0 Å². The Labute approximate surface area is 110 Å². The van der Waals surface area contributed by atoms with Gasteiger partial charge in [0.2, 0.25) is 0 Å². The molecule has 0 unspecified atom stereocenters. The van der Waals surface area contributed by atoms with Gasteiger partial charge in [0, 0.05) is 22.7 Å². The average molecular weight is 265 g/mol. The van der Waals surface area contributed by atoms with Crippen molar-refractivity contribution in [3.63, 3.8) is 0 Å². The summed E-state index contributed by atoms with van der Waals surface area (Å²) in [7, 11) is 0. The monoisotopic (exact) mass is 264 g/mol. The van der Waals surface area contributed by atoms with Gasteiger partial charge in [0.05, 0.1) is 0 Å². The van der Waals surface area contributed by atoms with E-state index in [1.165, 1.54) is 5.01 Å². The highest BCUT2D eigenvalue weighted by atomic mass is 35.5. The summed E-state index contributed by atoms with van der Waals surface area (Å²) >= 11 is 5.79. The van der Waals surface area contributed by atoms with E-state index in [0.29, 0.717) is 17.0 Å². The van der Waals surface area contributed by atoms with Crippen LogP contribution in [0, 0.1) is 5.92 Å². The van der Waals surface area contributed by atoms with Crippen LogP contribution in [0.15, 0.2) is 29.4 Å². The zero-order valence-electron chi connectivity index (χ0n) is 9.71. The first-order chi connectivity index (χ1) is 8.61. The van der Waals surface area contributed by atoms with E-state index in [-0.39, 0.29) is 11.8 Å². The zero-order chi connectivity index (χ0) is 12.8. The van der Waals surface area contributed by atoms with Gasteiger partial charge in [-0.05, 0) is 43.5 Å². The van der Waals surface area contributed by atoms with Crippen molar-refractivity contribution in [1.29, 1.82) is 0 Å². The summed E-state index contributed by atoms with van der Waals surface area (Å²) < 4.78 is 0. The first-order valence-electron chi connectivity index (χ1n) is 5.98. The molecular formula is C13H13ClN2O2. The van der Waals surface area contributed by atoms with Gasteiger partial charge in [-0.15, -0.1) is 0 Å². The average Bonchev–Trinajstić information content (AvgIpc) is 2.85. The number of hydrogen-bond donors (Lipinski definition) is 1. The maximum absolute atomic E-state index is 12.3. The minimum Gasteiger partial charge on any atom is -0.368 e. The smallest absolute Gasteiger partial charge is 0.276 e. The van der Waals surface area contributed by atoms with Gasteiger partial charge in [0.25, 0.3) is 5.91 Å². The fourth-order valence-corrected chi connectivity index (χ4v) is 2.77. The Hall–Kier alpha value is -1.39. The van der Waals surface area contributed by atoms with Crippen molar-refractivity contribution in [1.82, 2.24) is 5.01 Å². The van der Waals surface area contributed by atoms with Gasteiger partial charge in [0.1, 0.15) is 0 Å². The first-order valence-corrected chi connectivity index (χ1v) is 6.36. The molecule has 1 aromatic rings. The topological polar surface area (TPSA) is 52.9 Å². The molecule has 1 aliphatic heterocycles. The van der Waals surface area contributed by atoms with E-state index in [4.69, 9.17) is 11.6 Å². The lowest BCUT2D eigenvalue weighted by atomic mass is 10.0. The van der Waals surface area contributed by atoms with Crippen LogP contribution < -0.4 is 0 Å². The Morgan fingerprint density at radius 3 is 2.89 bits per heavy atom. The Morgan fingerprint density at radius 2 is 2.17 bits per heavy atom. The quantitative estimate of drug-likeness (QED) is 0.846. The minimum absolute atomic E-state index is 0.0336. The normalized spacial score (nSPS) is 29.7. The number of hydrogen-bond acceptors (Lipinski definition) is 3. The third-order valence-corrected chi connectivity index (χ3v) is 3.92. The molecule has 1 heterocycles. The number of benzene rings is 1. The van der Waals surface area contributed by atoms with Gasteiger partial charge in [-0.2, -0.15) is 10.1 Å². The number of carbonyl (C=O) groups is 1. The van der Waals surface area contributed by atoms with Crippen molar-refractivity contribution < 1.29 is 9.90 Å². The number of carbonyl (C=O) groups excluding carboxylic acids is 1. The molecule has 0 radical (unpaired) electrons. The predicted octanol–water partition coefficient (Wildman–Crippen LogP) is 2.27. The summed E-state index contributed by atoms with van der Waals surface area (Å²) in [6.45, 7) is 0. The summed E-state index contributed by atoms with van der Waals surface area (Å²) in [5.74, 6) is -0.316. The van der Waals surface area contributed by atoms with Crippen molar-refractivity contribution in [2.75, 3.05) is 0 Å². The molecule has 1 amide bonds. The zero-order valence-corrected chi connectivity index (χ0v) is 10.5. The third kappa shape index (κ3) is 1.64. The highest BCUT2D eigenvalue weighted by Gasteiger charge is 2.51. The molecule has 0 spiro atoms. The molecule has 0 aromatic heterocycles. The van der Waals surface area contributed by atoms with Crippen LogP contribution in [-0.4, -0.2) is 28.0 Å². The second-order valence-electron chi connectivity index (χ2n) is 4.77. The summed E-state index contributed by atoms with van der Waals surface area (Å²) in [5, 5.41) is 16.4. The molecule has 1 aliphatic carbocycles. The van der Waals surface area contributed by atoms with Crippen LogP contribution in [0.5, 0.6) is 0 Å². The molecule has 1 fully saturated rings. The van der Waals surface area contributed by atoms with E-state index in [2.05, 4.69) is 5.10 Å². The van der Waals surface area contributed by atoms with Gasteiger partial charge in [-0.1, -0.05) is 11.6 Å². The van der Waals surface area contributed by atoms with Crippen LogP contribution in [0.2, 0.25) is 5.02 Å². The van der Waals surface area contributed by atoms with Crippen molar-refractivity contribution in [2.45, 2.75) is 25.0 Å². The maximum Gasteiger partial charge on any atom is 0.276 e. The van der Waals surface area contributed by atoms with Crippen LogP contribution in [-0.2, 0) is 0 Å². The number of amides is 1. The minimum atomic E-state index is -1.13. The standard InChI is InChI=1S/C13H13ClN2O2/c14-11-5-3-9(4-6-11)12(17)16-13(18)7-1-2-10(13)8-15-16/h3-6,8,10,18H,1-2,7H2/t10-,13+/m0/s1. The molecule has 5 heteroatoms. The van der Waals surface area contributed by atoms with Crippen molar-refractivity contribution in [3.8, 4) is 0 Å². The van der Waals surface area contributed by atoms with Gasteiger partial charge < -0.3 is 5.11 Å². The summed E-state index contributed by atoms with van der Waals surface area (Å²) in [6.07, 6.45) is 4.06. The molecule has 1 saturated carbocycles. The summed E-state index contributed by atoms with van der Waals surface area (Å²) in [5.41, 5.74) is -0.644. The Bertz CT molecular complexity index is 514. The Balaban J connectivity index is 1.89. The number of nitrogens with zero attached hydrogens (tertiary/aromatic N) is 2. The lowest BCUT2D eigenvalue weighted by molar-refractivity contribution is -0.0841. The van der Waals surface area contributed by atoms with Gasteiger partial charge in [-0.3, -0.25) is 4.79 Å². The number of halogens is 1. The molecule has 4 nitrogen and oxygen atoms in total. The van der Waals surface area contributed by atoms with E-state index in [1.807, 2.05) is 0 Å². The molecule has 3 rings (SSSR count). The summed E-state index contributed by atoms with van der Waals surface area (Å²) in [6, 6.07) is 6.60. The SMILES string of the molecule is O=C(c1ccc(Cl)cc1)N1N=C[C@@H]2CCC[C@@]21O. The largest absolute Gasteiger partial charge is 0.368 e. The first kappa shape index (κ1) is 11.7. The van der Waals surface area contributed by atoms with Crippen LogP contribution in [0.3, 0.4) is 0 Å². The molecule has 0 saturated heterocycles.